The first-order valence-electron chi connectivity index (χ1n) is 14.5. The molecule has 8 heteroatoms. The number of likely N-dealkylation sites (tertiary alicyclic amines) is 1. The van der Waals surface area contributed by atoms with Gasteiger partial charge in [0.2, 0.25) is 0 Å². The minimum absolute atomic E-state index is 0.0288. The summed E-state index contributed by atoms with van der Waals surface area (Å²) in [7, 11) is 0. The SMILES string of the molecule is O=C1NCCOCCCCC2(CCN(CC3(O)CCN(c4ccccc4F)CC3)CC2)COc2ccccc21. The average Bonchev–Trinajstić information content (AvgIpc) is 2.95. The fraction of sp³-hybridized carbons (Fsp3) is 0.581. The van der Waals surface area contributed by atoms with E-state index in [1.165, 1.54) is 6.07 Å². The molecule has 0 saturated carbocycles. The summed E-state index contributed by atoms with van der Waals surface area (Å²) < 4.78 is 26.4. The summed E-state index contributed by atoms with van der Waals surface area (Å²) in [5.74, 6) is 0.291. The van der Waals surface area contributed by atoms with Crippen LogP contribution in [-0.2, 0) is 4.74 Å². The highest BCUT2D eigenvalue weighted by atomic mass is 19.1. The molecule has 2 saturated heterocycles. The van der Waals surface area contributed by atoms with Crippen LogP contribution in [0.1, 0.15) is 55.3 Å². The first-order valence-corrected chi connectivity index (χ1v) is 14.5. The number of rotatable bonds is 3. The third-order valence-electron chi connectivity index (χ3n) is 8.77. The van der Waals surface area contributed by atoms with E-state index in [0.717, 1.165) is 45.2 Å². The van der Waals surface area contributed by atoms with Crippen LogP contribution in [0.5, 0.6) is 5.75 Å². The topological polar surface area (TPSA) is 74.3 Å². The molecule has 0 aliphatic carbocycles. The zero-order valence-corrected chi connectivity index (χ0v) is 22.9. The van der Waals surface area contributed by atoms with Gasteiger partial charge >= 0.3 is 0 Å². The first kappa shape index (κ1) is 27.9. The number of halogens is 1. The Balaban J connectivity index is 1.19. The third kappa shape index (κ3) is 7.10. The molecule has 39 heavy (non-hydrogen) atoms. The van der Waals surface area contributed by atoms with Gasteiger partial charge in [0.05, 0.1) is 30.1 Å². The molecule has 0 radical (unpaired) electrons. The minimum atomic E-state index is -0.754. The quantitative estimate of drug-likeness (QED) is 0.608. The fourth-order valence-electron chi connectivity index (χ4n) is 6.25. The van der Waals surface area contributed by atoms with E-state index in [-0.39, 0.29) is 17.1 Å². The van der Waals surface area contributed by atoms with Gasteiger partial charge in [-0.15, -0.1) is 0 Å². The Bertz CT molecular complexity index is 1100. The van der Waals surface area contributed by atoms with Crippen molar-refractivity contribution in [2.75, 3.05) is 64.0 Å². The molecule has 3 heterocycles. The molecule has 3 aliphatic rings. The van der Waals surface area contributed by atoms with Crippen LogP contribution < -0.4 is 15.0 Å². The second kappa shape index (κ2) is 12.7. The van der Waals surface area contributed by atoms with Crippen molar-refractivity contribution in [1.82, 2.24) is 10.2 Å². The number of nitrogens with zero attached hydrogens (tertiary/aromatic N) is 2. The number of hydrogen-bond donors (Lipinski definition) is 2. The average molecular weight is 540 g/mol. The molecule has 2 N–H and O–H groups in total. The lowest BCUT2D eigenvalue weighted by Gasteiger charge is -2.46. The lowest BCUT2D eigenvalue weighted by Crippen LogP contribution is -2.53. The molecular formula is C31H42FN3O4. The van der Waals surface area contributed by atoms with Crippen LogP contribution in [0.2, 0.25) is 0 Å². The Morgan fingerprint density at radius 1 is 0.897 bits per heavy atom. The molecule has 0 unspecified atom stereocenters. The number of carbonyl (C=O) groups is 1. The predicted octanol–water partition coefficient (Wildman–Crippen LogP) is 4.25. The van der Waals surface area contributed by atoms with Gasteiger partial charge in [-0.1, -0.05) is 30.7 Å². The van der Waals surface area contributed by atoms with E-state index in [4.69, 9.17) is 9.47 Å². The number of carbonyl (C=O) groups excluding carboxylic acids is 1. The molecule has 0 aromatic heterocycles. The Morgan fingerprint density at radius 3 is 2.44 bits per heavy atom. The Morgan fingerprint density at radius 2 is 1.64 bits per heavy atom. The summed E-state index contributed by atoms with van der Waals surface area (Å²) in [6.07, 6.45) is 6.36. The van der Waals surface area contributed by atoms with E-state index in [9.17, 15) is 14.3 Å². The molecular weight excluding hydrogens is 497 g/mol. The lowest BCUT2D eigenvalue weighted by atomic mass is 9.74. The summed E-state index contributed by atoms with van der Waals surface area (Å²) >= 11 is 0. The summed E-state index contributed by atoms with van der Waals surface area (Å²) in [6, 6.07) is 14.3. The molecule has 1 spiro atoms. The summed E-state index contributed by atoms with van der Waals surface area (Å²) in [4.78, 5) is 17.2. The van der Waals surface area contributed by atoms with Crippen LogP contribution in [0.15, 0.2) is 48.5 Å². The van der Waals surface area contributed by atoms with Crippen molar-refractivity contribution in [1.29, 1.82) is 0 Å². The second-order valence-electron chi connectivity index (χ2n) is 11.5. The highest BCUT2D eigenvalue weighted by Gasteiger charge is 2.39. The van der Waals surface area contributed by atoms with Crippen LogP contribution in [0.4, 0.5) is 10.1 Å². The normalized spacial score (nSPS) is 22.8. The predicted molar refractivity (Wildman–Crippen MR) is 150 cm³/mol. The van der Waals surface area contributed by atoms with Gasteiger partial charge in [-0.05, 0) is 75.9 Å². The van der Waals surface area contributed by atoms with E-state index in [2.05, 4.69) is 10.2 Å². The van der Waals surface area contributed by atoms with Gasteiger partial charge in [0.15, 0.2) is 0 Å². The maximum Gasteiger partial charge on any atom is 0.255 e. The number of piperidine rings is 2. The van der Waals surface area contributed by atoms with Crippen LogP contribution in [0, 0.1) is 11.2 Å². The first-order chi connectivity index (χ1) is 19.0. The molecule has 0 atom stereocenters. The van der Waals surface area contributed by atoms with E-state index in [1.807, 2.05) is 41.3 Å². The van der Waals surface area contributed by atoms with Crippen molar-refractivity contribution in [3.63, 3.8) is 0 Å². The number of amides is 1. The molecule has 2 fully saturated rings. The zero-order chi connectivity index (χ0) is 27.1. The Labute approximate surface area is 231 Å². The van der Waals surface area contributed by atoms with Gasteiger partial charge in [-0.2, -0.15) is 0 Å². The second-order valence-corrected chi connectivity index (χ2v) is 11.5. The summed E-state index contributed by atoms with van der Waals surface area (Å²) in [5, 5.41) is 14.3. The molecule has 3 aliphatic heterocycles. The van der Waals surface area contributed by atoms with E-state index in [1.54, 1.807) is 6.07 Å². The zero-order valence-electron chi connectivity index (χ0n) is 22.9. The summed E-state index contributed by atoms with van der Waals surface area (Å²) in [6.45, 7) is 6.03. The summed E-state index contributed by atoms with van der Waals surface area (Å²) in [5.41, 5.74) is 0.459. The number of para-hydroxylation sites is 2. The van der Waals surface area contributed by atoms with Gasteiger partial charge in [-0.3, -0.25) is 4.79 Å². The Kier molecular flexibility index (Phi) is 9.05. The number of β-amino-alcohol motifs (C(OH)–C–C–N with tert-alkyl or cyclic N) is 1. The van der Waals surface area contributed by atoms with Crippen LogP contribution in [-0.4, -0.2) is 80.6 Å². The highest BCUT2D eigenvalue weighted by Crippen LogP contribution is 2.39. The van der Waals surface area contributed by atoms with Crippen molar-refractivity contribution in [2.45, 2.75) is 50.5 Å². The fourth-order valence-corrected chi connectivity index (χ4v) is 6.25. The highest BCUT2D eigenvalue weighted by molar-refractivity contribution is 5.96. The van der Waals surface area contributed by atoms with Crippen molar-refractivity contribution in [3.05, 3.63) is 59.9 Å². The molecule has 212 valence electrons. The van der Waals surface area contributed by atoms with Crippen molar-refractivity contribution < 1.29 is 23.8 Å². The largest absolute Gasteiger partial charge is 0.492 e. The number of benzene rings is 2. The minimum Gasteiger partial charge on any atom is -0.492 e. The maximum absolute atomic E-state index is 14.2. The molecule has 2 aromatic rings. The van der Waals surface area contributed by atoms with Crippen LogP contribution in [0.25, 0.3) is 0 Å². The van der Waals surface area contributed by atoms with Crippen molar-refractivity contribution in [2.24, 2.45) is 5.41 Å². The number of fused-ring (bicyclic) bond motifs is 1. The maximum atomic E-state index is 14.2. The van der Waals surface area contributed by atoms with Crippen LogP contribution >= 0.6 is 0 Å². The molecule has 5 rings (SSSR count). The Hall–Kier alpha value is -2.68. The van der Waals surface area contributed by atoms with E-state index >= 15 is 0 Å². The van der Waals surface area contributed by atoms with Gasteiger partial charge in [0, 0.05) is 38.2 Å². The van der Waals surface area contributed by atoms with Gasteiger partial charge < -0.3 is 29.7 Å². The van der Waals surface area contributed by atoms with Crippen molar-refractivity contribution >= 4 is 11.6 Å². The van der Waals surface area contributed by atoms with Crippen molar-refractivity contribution in [3.8, 4) is 5.75 Å². The van der Waals surface area contributed by atoms with Gasteiger partial charge in [-0.25, -0.2) is 4.39 Å². The van der Waals surface area contributed by atoms with Crippen LogP contribution in [0.3, 0.4) is 0 Å². The van der Waals surface area contributed by atoms with E-state index in [0.29, 0.717) is 75.8 Å². The van der Waals surface area contributed by atoms with E-state index < -0.39 is 5.60 Å². The number of aliphatic hydroxyl groups is 1. The standard InChI is InChI=1S/C31H42FN3O4/c32-26-8-2-3-9-27(26)35-19-14-31(37,15-20-35)23-34-17-12-30(13-18-34)11-5-6-21-38-22-16-33-29(36)25-7-1-4-10-28(25)39-24-30/h1-4,7-10,37H,5-6,11-24H2,(H,33,36). The number of hydrogen-bond acceptors (Lipinski definition) is 6. The van der Waals surface area contributed by atoms with Gasteiger partial charge in [0.25, 0.3) is 5.91 Å². The number of anilines is 1. The molecule has 2 aromatic carbocycles. The molecule has 0 bridgehead atoms. The molecule has 7 nitrogen and oxygen atoms in total. The third-order valence-corrected chi connectivity index (χ3v) is 8.77. The lowest BCUT2D eigenvalue weighted by molar-refractivity contribution is -0.0380. The van der Waals surface area contributed by atoms with Gasteiger partial charge in [0.1, 0.15) is 11.6 Å². The molecule has 1 amide bonds. The number of ether oxygens (including phenoxy) is 2. The number of nitrogens with one attached hydrogen (secondary N) is 1. The smallest absolute Gasteiger partial charge is 0.255 e. The monoisotopic (exact) mass is 539 g/mol.